The number of amides is 1. The summed E-state index contributed by atoms with van der Waals surface area (Å²) < 4.78 is 33.5. The second kappa shape index (κ2) is 8.00. The van der Waals surface area contributed by atoms with Crippen LogP contribution in [0.2, 0.25) is 5.02 Å². The molecule has 30 heavy (non-hydrogen) atoms. The first-order valence-corrected chi connectivity index (χ1v) is 9.12. The van der Waals surface area contributed by atoms with Gasteiger partial charge in [0.25, 0.3) is 0 Å². The summed E-state index contributed by atoms with van der Waals surface area (Å²) in [5.74, 6) is -1.77. The third kappa shape index (κ3) is 3.53. The van der Waals surface area contributed by atoms with Crippen LogP contribution in [0.5, 0.6) is 0 Å². The summed E-state index contributed by atoms with van der Waals surface area (Å²) in [6.45, 7) is 1.24. The molecule has 0 unspecified atom stereocenters. The molecular formula is C21H13ClF2N4O2. The van der Waals surface area contributed by atoms with Gasteiger partial charge in [0.1, 0.15) is 29.3 Å². The number of carbonyl (C=O) groups excluding carboxylic acids is 1. The van der Waals surface area contributed by atoms with Crippen LogP contribution in [0.3, 0.4) is 0 Å². The summed E-state index contributed by atoms with van der Waals surface area (Å²) >= 11 is 6.19. The number of anilines is 2. The van der Waals surface area contributed by atoms with Crippen LogP contribution in [0.25, 0.3) is 22.5 Å². The van der Waals surface area contributed by atoms with Crippen molar-refractivity contribution in [2.45, 2.75) is 6.92 Å². The van der Waals surface area contributed by atoms with Crippen LogP contribution in [-0.2, 0) is 4.79 Å². The third-order valence-corrected chi connectivity index (χ3v) is 4.61. The molecule has 0 aliphatic carbocycles. The van der Waals surface area contributed by atoms with Crippen LogP contribution in [0.15, 0.2) is 65.6 Å². The molecule has 0 bridgehead atoms. The minimum Gasteiger partial charge on any atom is -0.336 e. The lowest BCUT2D eigenvalue weighted by atomic mass is 10.0. The first kappa shape index (κ1) is 19.7. The van der Waals surface area contributed by atoms with Crippen LogP contribution in [0, 0.1) is 11.6 Å². The lowest BCUT2D eigenvalue weighted by Crippen LogP contribution is -2.24. The van der Waals surface area contributed by atoms with Crippen LogP contribution in [-0.4, -0.2) is 21.0 Å². The topological polar surface area (TPSA) is 72.1 Å². The Morgan fingerprint density at radius 2 is 1.87 bits per heavy atom. The zero-order valence-corrected chi connectivity index (χ0v) is 16.3. The van der Waals surface area contributed by atoms with Crippen molar-refractivity contribution >= 4 is 29.1 Å². The van der Waals surface area contributed by atoms with Gasteiger partial charge in [-0.1, -0.05) is 22.8 Å². The molecule has 4 aromatic rings. The Morgan fingerprint density at radius 1 is 1.10 bits per heavy atom. The number of benzene rings is 2. The van der Waals surface area contributed by atoms with E-state index in [0.29, 0.717) is 22.5 Å². The van der Waals surface area contributed by atoms with Gasteiger partial charge in [-0.3, -0.25) is 4.79 Å². The predicted octanol–water partition coefficient (Wildman–Crippen LogP) is 5.41. The average Bonchev–Trinajstić information content (AvgIpc) is 3.16. The number of halogens is 3. The predicted molar refractivity (Wildman–Crippen MR) is 107 cm³/mol. The summed E-state index contributed by atoms with van der Waals surface area (Å²) in [6.07, 6.45) is 2.82. The molecule has 0 aliphatic heterocycles. The largest absolute Gasteiger partial charge is 0.336 e. The molecule has 1 amide bonds. The fraction of sp³-hybridized carbons (Fsp3) is 0.0476. The Balaban J connectivity index is 2.00. The molecule has 9 heteroatoms. The van der Waals surface area contributed by atoms with Crippen LogP contribution < -0.4 is 4.90 Å². The molecule has 0 saturated heterocycles. The Kier molecular flexibility index (Phi) is 5.24. The summed E-state index contributed by atoms with van der Waals surface area (Å²) in [5, 5.41) is 4.08. The van der Waals surface area contributed by atoms with Gasteiger partial charge in [-0.25, -0.2) is 23.6 Å². The molecular weight excluding hydrogens is 414 g/mol. The zero-order chi connectivity index (χ0) is 21.3. The van der Waals surface area contributed by atoms with Crippen LogP contribution in [0.1, 0.15) is 6.92 Å². The van der Waals surface area contributed by atoms with Crippen molar-refractivity contribution in [1.29, 1.82) is 0 Å². The molecule has 4 rings (SSSR count). The number of nitrogens with zero attached hydrogens (tertiary/aromatic N) is 4. The number of para-hydroxylation sites is 1. The molecule has 0 saturated carbocycles. The molecule has 150 valence electrons. The summed E-state index contributed by atoms with van der Waals surface area (Å²) in [4.78, 5) is 21.7. The van der Waals surface area contributed by atoms with E-state index in [1.165, 1.54) is 61.9 Å². The van der Waals surface area contributed by atoms with Crippen LogP contribution >= 0.6 is 11.6 Å². The van der Waals surface area contributed by atoms with Gasteiger partial charge in [-0.2, -0.15) is 0 Å². The number of aromatic nitrogens is 3. The molecule has 2 aromatic carbocycles. The lowest BCUT2D eigenvalue weighted by Gasteiger charge is -2.20. The lowest BCUT2D eigenvalue weighted by molar-refractivity contribution is -0.116. The third-order valence-electron chi connectivity index (χ3n) is 4.31. The average molecular weight is 427 g/mol. The Labute approximate surface area is 174 Å². The van der Waals surface area contributed by atoms with E-state index in [9.17, 15) is 13.6 Å². The van der Waals surface area contributed by atoms with Gasteiger partial charge in [-0.15, -0.1) is 0 Å². The van der Waals surface area contributed by atoms with E-state index in [0.717, 1.165) is 4.90 Å². The number of hydrogen-bond acceptors (Lipinski definition) is 5. The number of hydrogen-bond donors (Lipinski definition) is 0. The fourth-order valence-corrected chi connectivity index (χ4v) is 3.26. The first-order chi connectivity index (χ1) is 14.5. The molecule has 0 atom stereocenters. The molecule has 2 aromatic heterocycles. The molecule has 0 radical (unpaired) electrons. The van der Waals surface area contributed by atoms with Gasteiger partial charge in [0.15, 0.2) is 0 Å². The summed E-state index contributed by atoms with van der Waals surface area (Å²) in [5.41, 5.74) is 1.31. The fourth-order valence-electron chi connectivity index (χ4n) is 3.01. The van der Waals surface area contributed by atoms with Gasteiger partial charge in [-0.05, 0) is 42.5 Å². The highest BCUT2D eigenvalue weighted by atomic mass is 35.5. The van der Waals surface area contributed by atoms with Gasteiger partial charge in [0.05, 0.1) is 16.3 Å². The van der Waals surface area contributed by atoms with E-state index in [4.69, 9.17) is 16.1 Å². The molecule has 0 spiro atoms. The second-order valence-corrected chi connectivity index (χ2v) is 6.64. The molecule has 2 heterocycles. The maximum absolute atomic E-state index is 14.6. The van der Waals surface area contributed by atoms with Crippen molar-refractivity contribution in [2.75, 3.05) is 4.90 Å². The van der Waals surface area contributed by atoms with Crippen LogP contribution in [0.4, 0.5) is 20.4 Å². The molecule has 0 N–H and O–H groups in total. The normalized spacial score (nSPS) is 10.8. The monoisotopic (exact) mass is 426 g/mol. The molecule has 0 fully saturated rings. The highest BCUT2D eigenvalue weighted by Crippen LogP contribution is 2.43. The minimum absolute atomic E-state index is 0.0126. The maximum Gasteiger partial charge on any atom is 0.248 e. The Hall–Kier alpha value is -3.65. The maximum atomic E-state index is 14.6. The molecule has 6 nitrogen and oxygen atoms in total. The zero-order valence-electron chi connectivity index (χ0n) is 15.5. The second-order valence-electron chi connectivity index (χ2n) is 6.24. The van der Waals surface area contributed by atoms with Crippen molar-refractivity contribution in [3.05, 3.63) is 77.7 Å². The van der Waals surface area contributed by atoms with Gasteiger partial charge in [0, 0.05) is 18.7 Å². The van der Waals surface area contributed by atoms with Gasteiger partial charge in [0.2, 0.25) is 11.8 Å². The van der Waals surface area contributed by atoms with E-state index in [1.54, 1.807) is 6.07 Å². The van der Waals surface area contributed by atoms with E-state index < -0.39 is 17.5 Å². The Bertz CT molecular complexity index is 1190. The van der Waals surface area contributed by atoms with Crippen molar-refractivity contribution < 1.29 is 18.1 Å². The molecule has 0 aliphatic rings. The number of carbonyl (C=O) groups is 1. The smallest absolute Gasteiger partial charge is 0.248 e. The van der Waals surface area contributed by atoms with Crippen molar-refractivity contribution in [3.8, 4) is 22.5 Å². The SMILES string of the molecule is CC(=O)N(c1onc(-c2ccc(F)cc2)c1-c1ccncn1)c1c(F)cccc1Cl. The Morgan fingerprint density at radius 3 is 2.50 bits per heavy atom. The van der Waals surface area contributed by atoms with Gasteiger partial charge >= 0.3 is 0 Å². The van der Waals surface area contributed by atoms with E-state index in [2.05, 4.69) is 15.1 Å². The minimum atomic E-state index is -0.717. The van der Waals surface area contributed by atoms with Crippen molar-refractivity contribution in [2.24, 2.45) is 0 Å². The standard InChI is InChI=1S/C21H13ClF2N4O2/c1-12(29)28(20-15(22)3-2-4-16(20)24)21-18(17-9-10-25-11-26-17)19(27-30-21)13-5-7-14(23)8-6-13/h2-11H,1H3. The van der Waals surface area contributed by atoms with Crippen molar-refractivity contribution in [1.82, 2.24) is 15.1 Å². The van der Waals surface area contributed by atoms with E-state index in [-0.39, 0.29) is 16.6 Å². The first-order valence-electron chi connectivity index (χ1n) is 8.74. The van der Waals surface area contributed by atoms with Gasteiger partial charge < -0.3 is 4.52 Å². The van der Waals surface area contributed by atoms with Crippen molar-refractivity contribution in [3.63, 3.8) is 0 Å². The highest BCUT2D eigenvalue weighted by molar-refractivity contribution is 6.34. The number of rotatable bonds is 4. The quantitative estimate of drug-likeness (QED) is 0.436. The van der Waals surface area contributed by atoms with E-state index >= 15 is 0 Å². The highest BCUT2D eigenvalue weighted by Gasteiger charge is 2.31. The summed E-state index contributed by atoms with van der Waals surface area (Å²) in [6, 6.07) is 11.2. The summed E-state index contributed by atoms with van der Waals surface area (Å²) in [7, 11) is 0. The van der Waals surface area contributed by atoms with E-state index in [1.807, 2.05) is 0 Å².